The Kier molecular flexibility index (Phi) is 6.34. The standard InChI is InChI=1S/C17H28N2O/c1-3-10-18-13-16-6-4-5-7-17(16)19(2)11-12-20-14-15-8-9-15/h4-7,15,18H,3,8-14H2,1-2H3. The molecule has 0 aromatic heterocycles. The molecule has 0 spiro atoms. The fourth-order valence-corrected chi connectivity index (χ4v) is 2.29. The summed E-state index contributed by atoms with van der Waals surface area (Å²) in [7, 11) is 2.15. The van der Waals surface area contributed by atoms with Crippen molar-refractivity contribution in [2.24, 2.45) is 5.92 Å². The largest absolute Gasteiger partial charge is 0.379 e. The van der Waals surface area contributed by atoms with Gasteiger partial charge in [-0.3, -0.25) is 0 Å². The molecule has 1 aliphatic carbocycles. The quantitative estimate of drug-likeness (QED) is 0.665. The van der Waals surface area contributed by atoms with E-state index < -0.39 is 0 Å². The van der Waals surface area contributed by atoms with Crippen LogP contribution in [0.5, 0.6) is 0 Å². The zero-order valence-electron chi connectivity index (χ0n) is 12.9. The van der Waals surface area contributed by atoms with E-state index >= 15 is 0 Å². The molecule has 2 rings (SSSR count). The number of likely N-dealkylation sites (N-methyl/N-ethyl adjacent to an activating group) is 1. The third kappa shape index (κ3) is 5.14. The van der Waals surface area contributed by atoms with Crippen molar-refractivity contribution in [2.45, 2.75) is 32.7 Å². The van der Waals surface area contributed by atoms with E-state index in [4.69, 9.17) is 4.74 Å². The molecule has 0 heterocycles. The van der Waals surface area contributed by atoms with Crippen molar-refractivity contribution in [3.8, 4) is 0 Å². The van der Waals surface area contributed by atoms with E-state index in [-0.39, 0.29) is 0 Å². The second-order valence-electron chi connectivity index (χ2n) is 5.75. The van der Waals surface area contributed by atoms with Gasteiger partial charge in [-0.1, -0.05) is 25.1 Å². The van der Waals surface area contributed by atoms with Gasteiger partial charge in [-0.2, -0.15) is 0 Å². The molecule has 0 saturated heterocycles. The number of benzene rings is 1. The number of para-hydroxylation sites is 1. The average molecular weight is 276 g/mol. The van der Waals surface area contributed by atoms with Crippen molar-refractivity contribution in [3.05, 3.63) is 29.8 Å². The van der Waals surface area contributed by atoms with Gasteiger partial charge in [0.05, 0.1) is 6.61 Å². The molecule has 1 aromatic rings. The molecule has 1 aromatic carbocycles. The highest BCUT2D eigenvalue weighted by atomic mass is 16.5. The zero-order valence-corrected chi connectivity index (χ0v) is 12.9. The lowest BCUT2D eigenvalue weighted by atomic mass is 10.1. The van der Waals surface area contributed by atoms with Gasteiger partial charge in [0.15, 0.2) is 0 Å². The van der Waals surface area contributed by atoms with Crippen LogP contribution in [-0.2, 0) is 11.3 Å². The molecule has 1 aliphatic rings. The first kappa shape index (κ1) is 15.3. The van der Waals surface area contributed by atoms with Crippen molar-refractivity contribution in [1.29, 1.82) is 0 Å². The van der Waals surface area contributed by atoms with E-state index in [0.29, 0.717) is 0 Å². The molecule has 3 heteroatoms. The maximum Gasteiger partial charge on any atom is 0.0641 e. The predicted octanol–water partition coefficient (Wildman–Crippen LogP) is 3.05. The van der Waals surface area contributed by atoms with E-state index in [1.165, 1.54) is 30.5 Å². The maximum absolute atomic E-state index is 5.73. The molecule has 0 radical (unpaired) electrons. The number of nitrogens with zero attached hydrogens (tertiary/aromatic N) is 1. The Hall–Kier alpha value is -1.06. The van der Waals surface area contributed by atoms with E-state index in [1.807, 2.05) is 0 Å². The van der Waals surface area contributed by atoms with Gasteiger partial charge < -0.3 is 15.0 Å². The maximum atomic E-state index is 5.73. The van der Waals surface area contributed by atoms with Crippen molar-refractivity contribution >= 4 is 5.69 Å². The number of hydrogen-bond acceptors (Lipinski definition) is 3. The monoisotopic (exact) mass is 276 g/mol. The molecule has 0 unspecified atom stereocenters. The normalized spacial score (nSPS) is 14.5. The van der Waals surface area contributed by atoms with Crippen LogP contribution >= 0.6 is 0 Å². The fourth-order valence-electron chi connectivity index (χ4n) is 2.29. The van der Waals surface area contributed by atoms with E-state index in [1.54, 1.807) is 0 Å². The molecule has 20 heavy (non-hydrogen) atoms. The van der Waals surface area contributed by atoms with Gasteiger partial charge in [0.1, 0.15) is 0 Å². The van der Waals surface area contributed by atoms with Gasteiger partial charge in [0.25, 0.3) is 0 Å². The van der Waals surface area contributed by atoms with Crippen molar-refractivity contribution in [3.63, 3.8) is 0 Å². The Balaban J connectivity index is 1.78. The zero-order chi connectivity index (χ0) is 14.2. The lowest BCUT2D eigenvalue weighted by Crippen LogP contribution is -2.25. The molecule has 0 bridgehead atoms. The lowest BCUT2D eigenvalue weighted by molar-refractivity contribution is 0.131. The Morgan fingerprint density at radius 3 is 2.85 bits per heavy atom. The Morgan fingerprint density at radius 1 is 1.30 bits per heavy atom. The highest BCUT2D eigenvalue weighted by Crippen LogP contribution is 2.28. The van der Waals surface area contributed by atoms with E-state index in [9.17, 15) is 0 Å². The third-order valence-electron chi connectivity index (χ3n) is 3.77. The molecule has 0 amide bonds. The highest BCUT2D eigenvalue weighted by Gasteiger charge is 2.21. The summed E-state index contributed by atoms with van der Waals surface area (Å²) in [5, 5.41) is 3.48. The summed E-state index contributed by atoms with van der Waals surface area (Å²) in [6.07, 6.45) is 3.90. The molecule has 1 N–H and O–H groups in total. The van der Waals surface area contributed by atoms with Crippen LogP contribution < -0.4 is 10.2 Å². The Labute approximate surface area is 123 Å². The summed E-state index contributed by atoms with van der Waals surface area (Å²) in [5.41, 5.74) is 2.68. The van der Waals surface area contributed by atoms with Crippen LogP contribution in [0.1, 0.15) is 31.7 Å². The minimum absolute atomic E-state index is 0.823. The van der Waals surface area contributed by atoms with Crippen LogP contribution in [0.25, 0.3) is 0 Å². The topological polar surface area (TPSA) is 24.5 Å². The van der Waals surface area contributed by atoms with Gasteiger partial charge in [-0.25, -0.2) is 0 Å². The average Bonchev–Trinajstić information content (AvgIpc) is 3.28. The number of ether oxygens (including phenoxy) is 1. The molecular weight excluding hydrogens is 248 g/mol. The molecule has 1 fully saturated rings. The number of anilines is 1. The molecular formula is C17H28N2O. The second kappa shape index (κ2) is 8.28. The highest BCUT2D eigenvalue weighted by molar-refractivity contribution is 5.53. The van der Waals surface area contributed by atoms with Crippen LogP contribution in [0.15, 0.2) is 24.3 Å². The summed E-state index contributed by atoms with van der Waals surface area (Å²) in [6.45, 7) is 6.94. The van der Waals surface area contributed by atoms with Crippen LogP contribution in [0.2, 0.25) is 0 Å². The molecule has 0 atom stereocenters. The van der Waals surface area contributed by atoms with Gasteiger partial charge in [0, 0.05) is 32.4 Å². The van der Waals surface area contributed by atoms with Crippen molar-refractivity contribution in [1.82, 2.24) is 5.32 Å². The first-order valence-corrected chi connectivity index (χ1v) is 7.88. The van der Waals surface area contributed by atoms with Crippen molar-refractivity contribution < 1.29 is 4.74 Å². The molecule has 0 aliphatic heterocycles. The van der Waals surface area contributed by atoms with Crippen LogP contribution in [0.3, 0.4) is 0 Å². The first-order chi connectivity index (χ1) is 9.81. The third-order valence-corrected chi connectivity index (χ3v) is 3.77. The summed E-state index contributed by atoms with van der Waals surface area (Å²) in [5.74, 6) is 0.853. The van der Waals surface area contributed by atoms with E-state index in [0.717, 1.165) is 38.8 Å². The van der Waals surface area contributed by atoms with Crippen LogP contribution in [-0.4, -0.2) is 33.4 Å². The summed E-state index contributed by atoms with van der Waals surface area (Å²) in [4.78, 5) is 2.30. The fraction of sp³-hybridized carbons (Fsp3) is 0.647. The van der Waals surface area contributed by atoms with Crippen LogP contribution in [0, 0.1) is 5.92 Å². The molecule has 1 saturated carbocycles. The number of hydrogen-bond donors (Lipinski definition) is 1. The van der Waals surface area contributed by atoms with Crippen molar-refractivity contribution in [2.75, 3.05) is 38.3 Å². The van der Waals surface area contributed by atoms with Crippen LogP contribution in [0.4, 0.5) is 5.69 Å². The minimum Gasteiger partial charge on any atom is -0.379 e. The van der Waals surface area contributed by atoms with Gasteiger partial charge in [-0.05, 0) is 43.4 Å². The lowest BCUT2D eigenvalue weighted by Gasteiger charge is -2.22. The molecule has 112 valence electrons. The summed E-state index contributed by atoms with van der Waals surface area (Å²) in [6, 6.07) is 8.63. The van der Waals surface area contributed by atoms with E-state index in [2.05, 4.69) is 48.5 Å². The number of rotatable bonds is 10. The van der Waals surface area contributed by atoms with Gasteiger partial charge in [0.2, 0.25) is 0 Å². The number of nitrogens with one attached hydrogen (secondary N) is 1. The summed E-state index contributed by atoms with van der Waals surface area (Å²) < 4.78 is 5.73. The predicted molar refractivity (Wildman–Crippen MR) is 85.3 cm³/mol. The smallest absolute Gasteiger partial charge is 0.0641 e. The first-order valence-electron chi connectivity index (χ1n) is 7.88. The SMILES string of the molecule is CCCNCc1ccccc1N(C)CCOCC1CC1. The summed E-state index contributed by atoms with van der Waals surface area (Å²) >= 11 is 0. The Bertz CT molecular complexity index is 390. The van der Waals surface area contributed by atoms with Gasteiger partial charge in [-0.15, -0.1) is 0 Å². The molecule has 3 nitrogen and oxygen atoms in total. The van der Waals surface area contributed by atoms with Gasteiger partial charge >= 0.3 is 0 Å². The Morgan fingerprint density at radius 2 is 2.10 bits per heavy atom. The minimum atomic E-state index is 0.823. The second-order valence-corrected chi connectivity index (χ2v) is 5.75.